The van der Waals surface area contributed by atoms with Crippen LogP contribution >= 0.6 is 0 Å². The minimum Gasteiger partial charge on any atom is -0.378 e. The zero-order valence-electron chi connectivity index (χ0n) is 25.4. The summed E-state index contributed by atoms with van der Waals surface area (Å²) in [6, 6.07) is 28.6. The van der Waals surface area contributed by atoms with E-state index in [1.807, 2.05) is 12.4 Å². The lowest BCUT2D eigenvalue weighted by molar-refractivity contribution is 0.396. The quantitative estimate of drug-likeness (QED) is 0.199. The zero-order valence-corrected chi connectivity index (χ0v) is 25.4. The molecule has 42 heavy (non-hydrogen) atoms. The summed E-state index contributed by atoms with van der Waals surface area (Å²) in [4.78, 5) is 8.93. The highest BCUT2D eigenvalue weighted by Crippen LogP contribution is 2.35. The molecule has 0 unspecified atom stereocenters. The van der Waals surface area contributed by atoms with E-state index in [1.54, 1.807) is 0 Å². The normalized spacial score (nSPS) is 13.4. The fraction of sp³-hybridized carbons (Fsp3) is 0.289. The van der Waals surface area contributed by atoms with E-state index in [0.717, 1.165) is 35.6 Å². The second-order valence-electron chi connectivity index (χ2n) is 11.6. The van der Waals surface area contributed by atoms with E-state index in [2.05, 4.69) is 133 Å². The molecule has 0 radical (unpaired) electrons. The lowest BCUT2D eigenvalue weighted by atomic mass is 9.86. The van der Waals surface area contributed by atoms with Crippen LogP contribution in [0.4, 0.5) is 17.1 Å². The first-order valence-corrected chi connectivity index (χ1v) is 15.2. The average Bonchev–Trinajstić information content (AvgIpc) is 3.04. The van der Waals surface area contributed by atoms with Crippen LogP contribution in [0, 0.1) is 5.92 Å². The minimum atomic E-state index is 0.515. The maximum Gasteiger partial charge on any atom is 0.0573 e. The van der Waals surface area contributed by atoms with Crippen molar-refractivity contribution in [1.29, 1.82) is 0 Å². The van der Waals surface area contributed by atoms with Gasteiger partial charge in [0.15, 0.2) is 0 Å². The van der Waals surface area contributed by atoms with Crippen molar-refractivity contribution in [3.05, 3.63) is 127 Å². The first-order chi connectivity index (χ1) is 20.4. The Morgan fingerprint density at radius 1 is 0.810 bits per heavy atom. The first-order valence-electron chi connectivity index (χ1n) is 15.2. The number of aromatic nitrogens is 1. The van der Waals surface area contributed by atoms with Crippen molar-refractivity contribution in [2.75, 3.05) is 29.2 Å². The molecule has 1 heterocycles. The van der Waals surface area contributed by atoms with Gasteiger partial charge in [-0.1, -0.05) is 87.9 Å². The fourth-order valence-corrected chi connectivity index (χ4v) is 5.81. The molecule has 0 bridgehead atoms. The van der Waals surface area contributed by atoms with Crippen molar-refractivity contribution < 1.29 is 0 Å². The van der Waals surface area contributed by atoms with E-state index in [4.69, 9.17) is 0 Å². The molecule has 1 N–H and O–H groups in total. The molecule has 4 nitrogen and oxygen atoms in total. The molecule has 1 aliphatic carbocycles. The van der Waals surface area contributed by atoms with Gasteiger partial charge in [0.1, 0.15) is 0 Å². The Labute approximate surface area is 252 Å². The van der Waals surface area contributed by atoms with Crippen LogP contribution in [0.25, 0.3) is 16.8 Å². The summed E-state index contributed by atoms with van der Waals surface area (Å²) in [5.41, 5.74) is 11.4. The number of allylic oxidation sites excluding steroid dienone is 1. The van der Waals surface area contributed by atoms with E-state index >= 15 is 0 Å². The van der Waals surface area contributed by atoms with Gasteiger partial charge < -0.3 is 15.1 Å². The molecular weight excluding hydrogens is 512 g/mol. The summed E-state index contributed by atoms with van der Waals surface area (Å²) in [7, 11) is 4.14. The summed E-state index contributed by atoms with van der Waals surface area (Å²) >= 11 is 0. The van der Waals surface area contributed by atoms with Gasteiger partial charge in [-0.3, -0.25) is 4.98 Å². The number of nitrogens with zero attached hydrogens (tertiary/aromatic N) is 3. The Kier molecular flexibility index (Phi) is 9.43. The van der Waals surface area contributed by atoms with Crippen molar-refractivity contribution in [3.8, 4) is 11.1 Å². The second-order valence-corrected chi connectivity index (χ2v) is 11.6. The third-order valence-corrected chi connectivity index (χ3v) is 8.44. The monoisotopic (exact) mass is 556 g/mol. The molecule has 1 saturated carbocycles. The third kappa shape index (κ3) is 7.12. The Hall–Kier alpha value is -4.31. The molecule has 216 valence electrons. The molecule has 3 aromatic carbocycles. The van der Waals surface area contributed by atoms with E-state index in [1.165, 1.54) is 65.7 Å². The molecule has 0 aliphatic heterocycles. The lowest BCUT2D eigenvalue weighted by Gasteiger charge is -2.34. The van der Waals surface area contributed by atoms with Crippen LogP contribution in [0.3, 0.4) is 0 Å². The van der Waals surface area contributed by atoms with Crippen LogP contribution in [0.15, 0.2) is 110 Å². The van der Waals surface area contributed by atoms with E-state index in [0.29, 0.717) is 5.92 Å². The molecule has 4 aromatic rings. The lowest BCUT2D eigenvalue weighted by Crippen LogP contribution is -2.27. The molecular formula is C38H44N4. The molecule has 4 heteroatoms. The third-order valence-electron chi connectivity index (χ3n) is 8.44. The highest BCUT2D eigenvalue weighted by atomic mass is 15.1. The highest BCUT2D eigenvalue weighted by molar-refractivity contribution is 5.77. The maximum absolute atomic E-state index is 4.68. The summed E-state index contributed by atoms with van der Waals surface area (Å²) in [6.07, 6.45) is 11.0. The Bertz CT molecular complexity index is 1500. The van der Waals surface area contributed by atoms with Gasteiger partial charge in [0, 0.05) is 49.6 Å². The number of hydrogen-bond donors (Lipinski definition) is 1. The summed E-state index contributed by atoms with van der Waals surface area (Å²) in [5.74, 6) is 0.515. The summed E-state index contributed by atoms with van der Waals surface area (Å²) in [6.45, 7) is 12.0. The molecule has 0 amide bonds. The van der Waals surface area contributed by atoms with Gasteiger partial charge in [-0.05, 0) is 83.3 Å². The Morgan fingerprint density at radius 2 is 1.50 bits per heavy atom. The fourth-order valence-electron chi connectivity index (χ4n) is 5.81. The molecule has 1 fully saturated rings. The zero-order chi connectivity index (χ0) is 29.5. The summed E-state index contributed by atoms with van der Waals surface area (Å²) < 4.78 is 0. The van der Waals surface area contributed by atoms with E-state index < -0.39 is 0 Å². The Balaban J connectivity index is 1.38. The predicted molar refractivity (Wildman–Crippen MR) is 181 cm³/mol. The SMILES string of the molecule is C=C(Nc1cncc(CC)c1)c1cccc(N(Cc2ccc(-c3ccc(N(C)C)cc3)cc2)C(=C)C2CCCCC2)c1. The maximum atomic E-state index is 4.68. The van der Waals surface area contributed by atoms with Gasteiger partial charge in [0.05, 0.1) is 11.9 Å². The predicted octanol–water partition coefficient (Wildman–Crippen LogP) is 9.56. The van der Waals surface area contributed by atoms with Crippen molar-refractivity contribution in [1.82, 2.24) is 4.98 Å². The number of aryl methyl sites for hydroxylation is 1. The average molecular weight is 557 g/mol. The molecule has 0 atom stereocenters. The molecule has 0 saturated heterocycles. The van der Waals surface area contributed by atoms with E-state index in [9.17, 15) is 0 Å². The van der Waals surface area contributed by atoms with E-state index in [-0.39, 0.29) is 0 Å². The largest absolute Gasteiger partial charge is 0.378 e. The van der Waals surface area contributed by atoms with Gasteiger partial charge in [0.2, 0.25) is 0 Å². The number of pyridine rings is 1. The van der Waals surface area contributed by atoms with Crippen molar-refractivity contribution in [2.24, 2.45) is 5.92 Å². The highest BCUT2D eigenvalue weighted by Gasteiger charge is 2.22. The minimum absolute atomic E-state index is 0.515. The van der Waals surface area contributed by atoms with Gasteiger partial charge >= 0.3 is 0 Å². The number of rotatable bonds is 11. The van der Waals surface area contributed by atoms with Crippen LogP contribution in [0.5, 0.6) is 0 Å². The molecule has 0 spiro atoms. The van der Waals surface area contributed by atoms with Crippen LogP contribution in [-0.4, -0.2) is 19.1 Å². The number of hydrogen-bond acceptors (Lipinski definition) is 4. The van der Waals surface area contributed by atoms with Gasteiger partial charge in [0.25, 0.3) is 0 Å². The molecule has 1 aromatic heterocycles. The van der Waals surface area contributed by atoms with Crippen LogP contribution in [-0.2, 0) is 13.0 Å². The summed E-state index contributed by atoms with van der Waals surface area (Å²) in [5, 5.41) is 3.47. The van der Waals surface area contributed by atoms with Gasteiger partial charge in [-0.15, -0.1) is 0 Å². The number of benzene rings is 3. The number of nitrogens with one attached hydrogen (secondary N) is 1. The van der Waals surface area contributed by atoms with Gasteiger partial charge in [-0.2, -0.15) is 0 Å². The standard InChI is InChI=1S/C38H44N4/c1-6-30-23-36(26-39-25-30)40-28(2)35-13-10-14-38(24-35)42(29(3)32-11-8-7-9-12-32)27-31-15-17-33(18-16-31)34-19-21-37(22-20-34)41(4)5/h10,13-26,32,40H,2-3,6-9,11-12,27H2,1,4-5H3. The van der Waals surface area contributed by atoms with Crippen LogP contribution in [0.2, 0.25) is 0 Å². The molecule has 5 rings (SSSR count). The smallest absolute Gasteiger partial charge is 0.0573 e. The number of anilines is 3. The first kappa shape index (κ1) is 29.2. The Morgan fingerprint density at radius 3 is 2.17 bits per heavy atom. The van der Waals surface area contributed by atoms with Crippen molar-refractivity contribution >= 4 is 22.8 Å². The van der Waals surface area contributed by atoms with Crippen molar-refractivity contribution in [2.45, 2.75) is 52.0 Å². The topological polar surface area (TPSA) is 31.4 Å². The van der Waals surface area contributed by atoms with Crippen molar-refractivity contribution in [3.63, 3.8) is 0 Å². The second kappa shape index (κ2) is 13.6. The van der Waals surface area contributed by atoms with Crippen LogP contribution < -0.4 is 15.1 Å². The van der Waals surface area contributed by atoms with Crippen LogP contribution in [0.1, 0.15) is 55.7 Å². The van der Waals surface area contributed by atoms with Gasteiger partial charge in [-0.25, -0.2) is 0 Å². The molecule has 1 aliphatic rings.